The van der Waals surface area contributed by atoms with Gasteiger partial charge in [-0.2, -0.15) is 0 Å². The normalized spacial score (nSPS) is 12.2. The fraction of sp³-hybridized carbons (Fsp3) is 0.500. The SMILES string of the molecule is COCC(C)N(C)C(=O)c1cncc(Cl)n1. The van der Waals surface area contributed by atoms with Gasteiger partial charge in [-0.15, -0.1) is 0 Å². The smallest absolute Gasteiger partial charge is 0.274 e. The van der Waals surface area contributed by atoms with Crippen molar-refractivity contribution in [3.8, 4) is 0 Å². The third-order valence-electron chi connectivity index (χ3n) is 2.21. The number of methoxy groups -OCH3 is 1. The number of rotatable bonds is 4. The summed E-state index contributed by atoms with van der Waals surface area (Å²) in [6, 6.07) is -0.0294. The molecule has 88 valence electrons. The zero-order valence-electron chi connectivity index (χ0n) is 9.48. The van der Waals surface area contributed by atoms with Gasteiger partial charge >= 0.3 is 0 Å². The van der Waals surface area contributed by atoms with Gasteiger partial charge < -0.3 is 9.64 Å². The summed E-state index contributed by atoms with van der Waals surface area (Å²) in [5.41, 5.74) is 0.234. The molecule has 1 unspecified atom stereocenters. The Morgan fingerprint density at radius 2 is 2.31 bits per heavy atom. The number of carbonyl (C=O) groups is 1. The fourth-order valence-corrected chi connectivity index (χ4v) is 1.33. The third kappa shape index (κ3) is 3.15. The van der Waals surface area contributed by atoms with E-state index in [1.54, 1.807) is 19.1 Å². The van der Waals surface area contributed by atoms with Crippen LogP contribution in [-0.4, -0.2) is 47.6 Å². The molecule has 0 bridgehead atoms. The molecule has 0 aromatic carbocycles. The summed E-state index contributed by atoms with van der Waals surface area (Å²) in [7, 11) is 3.28. The number of likely N-dealkylation sites (N-methyl/N-ethyl adjacent to an activating group) is 1. The Morgan fingerprint density at radius 1 is 1.62 bits per heavy atom. The van der Waals surface area contributed by atoms with Crippen LogP contribution in [0.3, 0.4) is 0 Å². The molecule has 1 rings (SSSR count). The molecule has 0 radical (unpaired) electrons. The monoisotopic (exact) mass is 243 g/mol. The van der Waals surface area contributed by atoms with Gasteiger partial charge in [-0.3, -0.25) is 9.78 Å². The average molecular weight is 244 g/mol. The number of hydrogen-bond donors (Lipinski definition) is 0. The van der Waals surface area contributed by atoms with Gasteiger partial charge in [0.1, 0.15) is 10.8 Å². The van der Waals surface area contributed by atoms with Crippen molar-refractivity contribution in [3.63, 3.8) is 0 Å². The second-order valence-electron chi connectivity index (χ2n) is 3.45. The van der Waals surface area contributed by atoms with Crippen molar-refractivity contribution in [2.75, 3.05) is 20.8 Å². The van der Waals surface area contributed by atoms with E-state index < -0.39 is 0 Å². The Morgan fingerprint density at radius 3 is 2.88 bits per heavy atom. The lowest BCUT2D eigenvalue weighted by atomic mass is 10.3. The van der Waals surface area contributed by atoms with Crippen LogP contribution < -0.4 is 0 Å². The first-order chi connectivity index (χ1) is 7.56. The molecule has 0 aliphatic heterocycles. The predicted octanol–water partition coefficient (Wildman–Crippen LogP) is 1.24. The second-order valence-corrected chi connectivity index (χ2v) is 3.83. The first-order valence-electron chi connectivity index (χ1n) is 4.80. The summed E-state index contributed by atoms with van der Waals surface area (Å²) in [5.74, 6) is -0.223. The Hall–Kier alpha value is -1.20. The summed E-state index contributed by atoms with van der Waals surface area (Å²) in [4.78, 5) is 21.2. The van der Waals surface area contributed by atoms with E-state index in [9.17, 15) is 4.79 Å². The van der Waals surface area contributed by atoms with Crippen LogP contribution in [0, 0.1) is 0 Å². The standard InChI is InChI=1S/C10H14ClN3O2/c1-7(6-16-3)14(2)10(15)8-4-12-5-9(11)13-8/h4-5,7H,6H2,1-3H3. The molecule has 0 spiro atoms. The summed E-state index contributed by atoms with van der Waals surface area (Å²) < 4.78 is 4.98. The Kier molecular flexibility index (Phi) is 4.64. The van der Waals surface area contributed by atoms with E-state index in [1.807, 2.05) is 6.92 Å². The minimum absolute atomic E-state index is 0.0294. The highest BCUT2D eigenvalue weighted by atomic mass is 35.5. The van der Waals surface area contributed by atoms with Crippen LogP contribution in [0.15, 0.2) is 12.4 Å². The van der Waals surface area contributed by atoms with Crippen LogP contribution in [-0.2, 0) is 4.74 Å². The molecule has 1 aromatic heterocycles. The Labute approximate surface area is 99.4 Å². The maximum Gasteiger partial charge on any atom is 0.274 e. The number of halogens is 1. The second kappa shape index (κ2) is 5.77. The molecular weight excluding hydrogens is 230 g/mol. The molecule has 16 heavy (non-hydrogen) atoms. The van der Waals surface area contributed by atoms with Gasteiger partial charge in [-0.1, -0.05) is 11.6 Å². The molecule has 1 amide bonds. The van der Waals surface area contributed by atoms with E-state index in [1.165, 1.54) is 12.4 Å². The molecule has 6 heteroatoms. The van der Waals surface area contributed by atoms with Crippen LogP contribution >= 0.6 is 11.6 Å². The third-order valence-corrected chi connectivity index (χ3v) is 2.40. The predicted molar refractivity (Wildman–Crippen MR) is 60.5 cm³/mol. The number of aromatic nitrogens is 2. The van der Waals surface area contributed by atoms with Crippen molar-refractivity contribution in [1.29, 1.82) is 0 Å². The van der Waals surface area contributed by atoms with Crippen LogP contribution in [0.2, 0.25) is 5.15 Å². The van der Waals surface area contributed by atoms with Crippen molar-refractivity contribution < 1.29 is 9.53 Å². The molecular formula is C10H14ClN3O2. The molecule has 1 atom stereocenters. The van der Waals surface area contributed by atoms with Crippen LogP contribution in [0.5, 0.6) is 0 Å². The van der Waals surface area contributed by atoms with Gasteiger partial charge in [-0.05, 0) is 6.92 Å². The number of ether oxygens (including phenoxy) is 1. The lowest BCUT2D eigenvalue weighted by Crippen LogP contribution is -2.38. The Balaban J connectivity index is 2.77. The largest absolute Gasteiger partial charge is 0.383 e. The van der Waals surface area contributed by atoms with Crippen LogP contribution in [0.25, 0.3) is 0 Å². The van der Waals surface area contributed by atoms with E-state index in [4.69, 9.17) is 16.3 Å². The maximum atomic E-state index is 11.9. The molecule has 0 fully saturated rings. The molecule has 1 aromatic rings. The summed E-state index contributed by atoms with van der Waals surface area (Å²) in [6.45, 7) is 2.36. The molecule has 0 saturated carbocycles. The van der Waals surface area contributed by atoms with E-state index in [2.05, 4.69) is 9.97 Å². The number of nitrogens with zero attached hydrogens (tertiary/aromatic N) is 3. The van der Waals surface area contributed by atoms with E-state index in [0.29, 0.717) is 6.61 Å². The number of amides is 1. The maximum absolute atomic E-state index is 11.9. The Bertz CT molecular complexity index is 373. The quantitative estimate of drug-likeness (QED) is 0.798. The van der Waals surface area contributed by atoms with Crippen molar-refractivity contribution in [2.24, 2.45) is 0 Å². The van der Waals surface area contributed by atoms with Gasteiger partial charge in [0.05, 0.1) is 25.0 Å². The first-order valence-corrected chi connectivity index (χ1v) is 5.17. The summed E-state index contributed by atoms with van der Waals surface area (Å²) >= 11 is 5.67. The fourth-order valence-electron chi connectivity index (χ4n) is 1.18. The summed E-state index contributed by atoms with van der Waals surface area (Å²) in [5, 5.41) is 0.207. The zero-order chi connectivity index (χ0) is 12.1. The first kappa shape index (κ1) is 12.9. The van der Waals surface area contributed by atoms with Gasteiger partial charge in [-0.25, -0.2) is 4.98 Å². The highest BCUT2D eigenvalue weighted by molar-refractivity contribution is 6.29. The number of carbonyl (C=O) groups excluding carboxylic acids is 1. The van der Waals surface area contributed by atoms with Crippen molar-refractivity contribution in [3.05, 3.63) is 23.2 Å². The molecule has 1 heterocycles. The van der Waals surface area contributed by atoms with Gasteiger partial charge in [0.25, 0.3) is 5.91 Å². The van der Waals surface area contributed by atoms with E-state index in [0.717, 1.165) is 0 Å². The highest BCUT2D eigenvalue weighted by Gasteiger charge is 2.18. The molecule has 0 aliphatic carbocycles. The zero-order valence-corrected chi connectivity index (χ0v) is 10.2. The summed E-state index contributed by atoms with van der Waals surface area (Å²) in [6.07, 6.45) is 2.78. The topological polar surface area (TPSA) is 55.3 Å². The molecule has 0 aliphatic rings. The van der Waals surface area contributed by atoms with Crippen molar-refractivity contribution in [1.82, 2.24) is 14.9 Å². The van der Waals surface area contributed by atoms with Gasteiger partial charge in [0.2, 0.25) is 0 Å². The molecule has 0 saturated heterocycles. The lowest BCUT2D eigenvalue weighted by molar-refractivity contribution is 0.0627. The van der Waals surface area contributed by atoms with Gasteiger partial charge in [0, 0.05) is 14.2 Å². The van der Waals surface area contributed by atoms with Crippen molar-refractivity contribution >= 4 is 17.5 Å². The van der Waals surface area contributed by atoms with Gasteiger partial charge in [0.15, 0.2) is 0 Å². The van der Waals surface area contributed by atoms with E-state index in [-0.39, 0.29) is 22.8 Å². The number of hydrogen-bond acceptors (Lipinski definition) is 4. The molecule has 5 nitrogen and oxygen atoms in total. The highest BCUT2D eigenvalue weighted by Crippen LogP contribution is 2.07. The minimum atomic E-state index is -0.223. The lowest BCUT2D eigenvalue weighted by Gasteiger charge is -2.23. The van der Waals surface area contributed by atoms with Crippen molar-refractivity contribution in [2.45, 2.75) is 13.0 Å². The van der Waals surface area contributed by atoms with Crippen LogP contribution in [0.4, 0.5) is 0 Å². The van der Waals surface area contributed by atoms with Crippen LogP contribution in [0.1, 0.15) is 17.4 Å². The average Bonchev–Trinajstić information content (AvgIpc) is 2.27. The molecule has 0 N–H and O–H groups in total. The minimum Gasteiger partial charge on any atom is -0.383 e. The van der Waals surface area contributed by atoms with E-state index >= 15 is 0 Å².